The molecule has 0 saturated carbocycles. The molecule has 0 spiro atoms. The van der Waals surface area contributed by atoms with Crippen LogP contribution in [0.4, 0.5) is 5.69 Å². The van der Waals surface area contributed by atoms with E-state index in [-0.39, 0.29) is 6.04 Å². The highest BCUT2D eigenvalue weighted by Crippen LogP contribution is 2.38. The molecule has 4 N–H and O–H groups in total. The third kappa shape index (κ3) is 3.75. The summed E-state index contributed by atoms with van der Waals surface area (Å²) in [5.74, 6) is 1.53. The van der Waals surface area contributed by atoms with Crippen LogP contribution < -0.4 is 16.4 Å². The number of nitrogens with two attached hydrogens (primary N) is 1. The number of hydrogen-bond acceptors (Lipinski definition) is 4. The highest BCUT2D eigenvalue weighted by atomic mass is 32.2. The number of benzene rings is 2. The van der Waals surface area contributed by atoms with Gasteiger partial charge in [-0.25, -0.2) is 0 Å². The third-order valence-corrected chi connectivity index (χ3v) is 7.05. The van der Waals surface area contributed by atoms with Crippen LogP contribution in [0, 0.1) is 0 Å². The minimum Gasteiger partial charge on any atom is -0.399 e. The van der Waals surface area contributed by atoms with E-state index in [1.54, 1.807) is 0 Å². The third-order valence-electron chi connectivity index (χ3n) is 5.34. The number of nitrogens with one attached hydrogen (secondary N) is 2. The number of nitrogen functional groups attached to an aromatic ring is 1. The normalized spacial score (nSPS) is 25.4. The Bertz CT molecular complexity index is 769. The lowest BCUT2D eigenvalue weighted by atomic mass is 9.81. The molecule has 5 heteroatoms. The van der Waals surface area contributed by atoms with E-state index in [4.69, 9.17) is 18.0 Å². The fourth-order valence-electron chi connectivity index (χ4n) is 3.95. The quantitative estimate of drug-likeness (QED) is 0.553. The maximum absolute atomic E-state index is 5.86. The number of fused-ring (bicyclic) bond motifs is 1. The zero-order valence-electron chi connectivity index (χ0n) is 14.8. The van der Waals surface area contributed by atoms with Gasteiger partial charge in [0.1, 0.15) is 0 Å². The van der Waals surface area contributed by atoms with E-state index in [0.29, 0.717) is 11.2 Å². The molecule has 2 aromatic carbocycles. The first-order chi connectivity index (χ1) is 12.7. The number of thiocarbonyl (C=S) groups is 1. The van der Waals surface area contributed by atoms with E-state index in [9.17, 15) is 0 Å². The highest BCUT2D eigenvalue weighted by molar-refractivity contribution is 8.00. The van der Waals surface area contributed by atoms with E-state index in [1.165, 1.54) is 28.9 Å². The van der Waals surface area contributed by atoms with Gasteiger partial charge in [0.25, 0.3) is 0 Å². The SMILES string of the molecule is Nc1ccc(C2NC(=S)C(CCC3CNCCS3)c3ccccc32)cc1. The number of anilines is 1. The van der Waals surface area contributed by atoms with Crippen molar-refractivity contribution in [1.82, 2.24) is 10.6 Å². The fourth-order valence-corrected chi connectivity index (χ4v) is 5.45. The van der Waals surface area contributed by atoms with Crippen molar-refractivity contribution >= 4 is 34.7 Å². The first-order valence-electron chi connectivity index (χ1n) is 9.29. The van der Waals surface area contributed by atoms with Crippen molar-refractivity contribution in [3.63, 3.8) is 0 Å². The maximum atomic E-state index is 5.86. The lowest BCUT2D eigenvalue weighted by molar-refractivity contribution is 0.583. The van der Waals surface area contributed by atoms with Crippen molar-refractivity contribution in [3.05, 3.63) is 65.2 Å². The van der Waals surface area contributed by atoms with Gasteiger partial charge in [0.05, 0.1) is 11.0 Å². The Morgan fingerprint density at radius 2 is 1.81 bits per heavy atom. The lowest BCUT2D eigenvalue weighted by Crippen LogP contribution is -2.39. The van der Waals surface area contributed by atoms with Crippen LogP contribution >= 0.6 is 24.0 Å². The van der Waals surface area contributed by atoms with E-state index >= 15 is 0 Å². The number of rotatable bonds is 4. The first-order valence-corrected chi connectivity index (χ1v) is 10.7. The summed E-state index contributed by atoms with van der Waals surface area (Å²) in [5.41, 5.74) is 10.6. The first kappa shape index (κ1) is 17.8. The fraction of sp³-hybridized carbons (Fsp3) is 0.381. The molecule has 1 fully saturated rings. The van der Waals surface area contributed by atoms with Crippen LogP contribution in [0.3, 0.4) is 0 Å². The van der Waals surface area contributed by atoms with Crippen molar-refractivity contribution in [2.75, 3.05) is 24.6 Å². The summed E-state index contributed by atoms with van der Waals surface area (Å²) in [6.45, 7) is 2.25. The molecule has 3 atom stereocenters. The zero-order valence-corrected chi connectivity index (χ0v) is 16.4. The van der Waals surface area contributed by atoms with E-state index in [2.05, 4.69) is 58.8 Å². The van der Waals surface area contributed by atoms with Gasteiger partial charge < -0.3 is 16.4 Å². The van der Waals surface area contributed by atoms with E-state index in [1.807, 2.05) is 12.1 Å². The summed E-state index contributed by atoms with van der Waals surface area (Å²) in [6, 6.07) is 17.0. The van der Waals surface area contributed by atoms with Gasteiger partial charge in [-0.3, -0.25) is 0 Å². The predicted octanol–water partition coefficient (Wildman–Crippen LogP) is 3.86. The zero-order chi connectivity index (χ0) is 17.9. The summed E-state index contributed by atoms with van der Waals surface area (Å²) < 4.78 is 0. The van der Waals surface area contributed by atoms with Gasteiger partial charge in [-0.15, -0.1) is 0 Å². The standard InChI is InChI=1S/C21H25N3S2/c22-15-7-5-14(6-8-15)20-18-4-2-1-3-17(18)19(21(25)24-20)10-9-16-13-23-11-12-26-16/h1-8,16,19-20,23H,9-13,22H2,(H,24,25). The summed E-state index contributed by atoms with van der Waals surface area (Å²) in [7, 11) is 0. The van der Waals surface area contributed by atoms with Gasteiger partial charge in [-0.05, 0) is 41.7 Å². The molecule has 136 valence electrons. The van der Waals surface area contributed by atoms with Crippen LogP contribution in [0.1, 0.15) is 41.5 Å². The highest BCUT2D eigenvalue weighted by Gasteiger charge is 2.31. The summed E-state index contributed by atoms with van der Waals surface area (Å²) in [5, 5.41) is 7.82. The molecule has 0 aliphatic carbocycles. The smallest absolute Gasteiger partial charge is 0.0836 e. The van der Waals surface area contributed by atoms with Crippen molar-refractivity contribution in [2.24, 2.45) is 0 Å². The van der Waals surface area contributed by atoms with Crippen molar-refractivity contribution in [2.45, 2.75) is 30.1 Å². The van der Waals surface area contributed by atoms with Crippen LogP contribution in [-0.4, -0.2) is 29.1 Å². The molecule has 2 heterocycles. The second-order valence-corrected chi connectivity index (χ2v) is 8.91. The van der Waals surface area contributed by atoms with Crippen molar-refractivity contribution in [3.8, 4) is 0 Å². The number of hydrogen-bond donors (Lipinski definition) is 3. The maximum Gasteiger partial charge on any atom is 0.0836 e. The number of thioether (sulfide) groups is 1. The summed E-state index contributed by atoms with van der Waals surface area (Å²) in [6.07, 6.45) is 2.31. The Kier molecular flexibility index (Phi) is 5.48. The largest absolute Gasteiger partial charge is 0.399 e. The van der Waals surface area contributed by atoms with E-state index in [0.717, 1.165) is 30.2 Å². The van der Waals surface area contributed by atoms with Crippen LogP contribution in [-0.2, 0) is 0 Å². The Hall–Kier alpha value is -1.56. The summed E-state index contributed by atoms with van der Waals surface area (Å²) >= 11 is 7.91. The Morgan fingerprint density at radius 1 is 1.04 bits per heavy atom. The van der Waals surface area contributed by atoms with Crippen molar-refractivity contribution in [1.29, 1.82) is 0 Å². The molecule has 4 rings (SSSR count). The Morgan fingerprint density at radius 3 is 2.54 bits per heavy atom. The molecule has 2 aromatic rings. The molecule has 2 aliphatic heterocycles. The second-order valence-electron chi connectivity index (χ2n) is 7.06. The monoisotopic (exact) mass is 383 g/mol. The Labute approximate surface area is 165 Å². The van der Waals surface area contributed by atoms with Crippen LogP contribution in [0.25, 0.3) is 0 Å². The van der Waals surface area contributed by atoms with Gasteiger partial charge in [0.15, 0.2) is 0 Å². The molecule has 0 aromatic heterocycles. The van der Waals surface area contributed by atoms with Crippen LogP contribution in [0.5, 0.6) is 0 Å². The topological polar surface area (TPSA) is 50.1 Å². The summed E-state index contributed by atoms with van der Waals surface area (Å²) in [4.78, 5) is 0.972. The van der Waals surface area contributed by atoms with Crippen molar-refractivity contribution < 1.29 is 0 Å². The van der Waals surface area contributed by atoms with E-state index < -0.39 is 0 Å². The van der Waals surface area contributed by atoms with Gasteiger partial charge in [0.2, 0.25) is 0 Å². The van der Waals surface area contributed by atoms with Crippen LogP contribution in [0.15, 0.2) is 48.5 Å². The van der Waals surface area contributed by atoms with Gasteiger partial charge >= 0.3 is 0 Å². The molecule has 0 bridgehead atoms. The predicted molar refractivity (Wildman–Crippen MR) is 116 cm³/mol. The molecule has 2 aliphatic rings. The molecule has 26 heavy (non-hydrogen) atoms. The minimum atomic E-state index is 0.112. The Balaban J connectivity index is 1.57. The van der Waals surface area contributed by atoms with Gasteiger partial charge in [-0.2, -0.15) is 11.8 Å². The molecule has 0 amide bonds. The molecular weight excluding hydrogens is 358 g/mol. The van der Waals surface area contributed by atoms with Crippen LogP contribution in [0.2, 0.25) is 0 Å². The average molecular weight is 384 g/mol. The molecule has 0 radical (unpaired) electrons. The second kappa shape index (κ2) is 7.99. The van der Waals surface area contributed by atoms with Gasteiger partial charge in [0, 0.05) is 35.7 Å². The molecule has 3 nitrogen and oxygen atoms in total. The average Bonchev–Trinajstić information content (AvgIpc) is 2.68. The lowest BCUT2D eigenvalue weighted by Gasteiger charge is -2.35. The molecular formula is C21H25N3S2. The molecule has 1 saturated heterocycles. The molecule has 3 unspecified atom stereocenters. The minimum absolute atomic E-state index is 0.112. The van der Waals surface area contributed by atoms with Gasteiger partial charge in [-0.1, -0.05) is 48.6 Å².